The smallest absolute Gasteiger partial charge is 0.161 e. The van der Waals surface area contributed by atoms with E-state index in [4.69, 9.17) is 5.26 Å². The topological polar surface area (TPSA) is 23.8 Å². The molecule has 0 bridgehead atoms. The second-order valence-electron chi connectivity index (χ2n) is 1.78. The maximum atomic E-state index is 12.0. The average molecular weight is 173 g/mol. The van der Waals surface area contributed by atoms with Crippen LogP contribution in [0.2, 0.25) is 0 Å². The quantitative estimate of drug-likeness (QED) is 0.553. The third-order valence-corrected chi connectivity index (χ3v) is 0.882. The summed E-state index contributed by atoms with van der Waals surface area (Å²) in [4.78, 5) is 0. The molecule has 0 unspecified atom stereocenters. The first-order chi connectivity index (χ1) is 5.61. The summed E-state index contributed by atoms with van der Waals surface area (Å²) in [6.07, 6.45) is 0. The van der Waals surface area contributed by atoms with E-state index in [0.29, 0.717) is 6.07 Å². The molecule has 0 heterocycles. The van der Waals surface area contributed by atoms with Crippen molar-refractivity contribution >= 4 is 0 Å². The molecule has 0 aliphatic carbocycles. The Hall–Kier alpha value is -1.50. The lowest BCUT2D eigenvalue weighted by atomic mass is 10.3. The third-order valence-electron chi connectivity index (χ3n) is 0.882. The molecular formula is C8H6F3N. The molecule has 0 saturated heterocycles. The van der Waals surface area contributed by atoms with Crippen molar-refractivity contribution in [2.45, 2.75) is 6.92 Å². The van der Waals surface area contributed by atoms with Gasteiger partial charge in [-0.1, -0.05) is 0 Å². The van der Waals surface area contributed by atoms with Gasteiger partial charge in [-0.25, -0.2) is 13.2 Å². The number of nitriles is 1. The number of rotatable bonds is 0. The van der Waals surface area contributed by atoms with Gasteiger partial charge in [0.25, 0.3) is 0 Å². The Morgan fingerprint density at radius 2 is 1.67 bits per heavy atom. The van der Waals surface area contributed by atoms with Crippen molar-refractivity contribution in [3.05, 3.63) is 35.7 Å². The van der Waals surface area contributed by atoms with Crippen molar-refractivity contribution in [2.75, 3.05) is 0 Å². The Kier molecular flexibility index (Phi) is 4.54. The van der Waals surface area contributed by atoms with Crippen LogP contribution in [0.25, 0.3) is 0 Å². The summed E-state index contributed by atoms with van der Waals surface area (Å²) >= 11 is 0. The lowest BCUT2D eigenvalue weighted by molar-refractivity contribution is 0.495. The van der Waals surface area contributed by atoms with Crippen molar-refractivity contribution in [3.63, 3.8) is 0 Å². The van der Waals surface area contributed by atoms with E-state index in [9.17, 15) is 13.2 Å². The molecule has 0 fully saturated rings. The first-order valence-corrected chi connectivity index (χ1v) is 3.03. The van der Waals surface area contributed by atoms with Crippen LogP contribution in [0.3, 0.4) is 0 Å². The lowest BCUT2D eigenvalue weighted by Crippen LogP contribution is -1.83. The highest BCUT2D eigenvalue weighted by molar-refractivity contribution is 5.07. The van der Waals surface area contributed by atoms with E-state index in [0.717, 1.165) is 12.1 Å². The summed E-state index contributed by atoms with van der Waals surface area (Å²) in [6.45, 7) is 1.43. The summed E-state index contributed by atoms with van der Waals surface area (Å²) in [5.41, 5.74) is 0. The molecule has 0 saturated carbocycles. The molecule has 0 aliphatic heterocycles. The van der Waals surface area contributed by atoms with Crippen LogP contribution >= 0.6 is 0 Å². The zero-order valence-corrected chi connectivity index (χ0v) is 6.31. The standard InChI is InChI=1S/C6H3F3.C2H3N/c7-4-1-2-5(8)6(9)3-4;1-2-3/h1-3H;1H3. The fourth-order valence-corrected chi connectivity index (χ4v) is 0.470. The molecule has 0 N–H and O–H groups in total. The van der Waals surface area contributed by atoms with Crippen molar-refractivity contribution in [1.82, 2.24) is 0 Å². The molecule has 0 spiro atoms. The predicted molar refractivity (Wildman–Crippen MR) is 37.6 cm³/mol. The van der Waals surface area contributed by atoms with Gasteiger partial charge in [0.2, 0.25) is 0 Å². The largest absolute Gasteiger partial charge is 0.207 e. The van der Waals surface area contributed by atoms with E-state index in [1.165, 1.54) is 6.92 Å². The zero-order chi connectivity index (χ0) is 9.56. The zero-order valence-electron chi connectivity index (χ0n) is 6.31. The maximum Gasteiger partial charge on any atom is 0.161 e. The molecule has 1 nitrogen and oxygen atoms in total. The molecule has 0 radical (unpaired) electrons. The molecule has 4 heteroatoms. The first kappa shape index (κ1) is 10.5. The normalized spacial score (nSPS) is 7.92. The minimum absolute atomic E-state index is 0.495. The van der Waals surface area contributed by atoms with E-state index >= 15 is 0 Å². The van der Waals surface area contributed by atoms with Gasteiger partial charge < -0.3 is 0 Å². The number of halogens is 3. The van der Waals surface area contributed by atoms with E-state index in [2.05, 4.69) is 0 Å². The maximum absolute atomic E-state index is 12.0. The summed E-state index contributed by atoms with van der Waals surface area (Å²) in [5, 5.41) is 7.32. The van der Waals surface area contributed by atoms with E-state index < -0.39 is 17.5 Å². The minimum Gasteiger partial charge on any atom is -0.207 e. The van der Waals surface area contributed by atoms with Gasteiger partial charge in [0, 0.05) is 13.0 Å². The molecule has 1 aromatic carbocycles. The highest BCUT2D eigenvalue weighted by Gasteiger charge is 1.99. The third kappa shape index (κ3) is 3.62. The number of benzene rings is 1. The minimum atomic E-state index is -1.16. The Morgan fingerprint density at radius 1 is 1.17 bits per heavy atom. The van der Waals surface area contributed by atoms with Crippen molar-refractivity contribution < 1.29 is 13.2 Å². The van der Waals surface area contributed by atoms with Crippen LogP contribution in [0.15, 0.2) is 18.2 Å². The van der Waals surface area contributed by atoms with E-state index in [1.807, 2.05) is 0 Å². The molecule has 1 aromatic rings. The van der Waals surface area contributed by atoms with Gasteiger partial charge in [0.15, 0.2) is 11.6 Å². The highest BCUT2D eigenvalue weighted by atomic mass is 19.2. The molecule has 0 aromatic heterocycles. The van der Waals surface area contributed by atoms with Crippen molar-refractivity contribution in [2.24, 2.45) is 0 Å². The van der Waals surface area contributed by atoms with Gasteiger partial charge >= 0.3 is 0 Å². The van der Waals surface area contributed by atoms with Crippen molar-refractivity contribution in [1.29, 1.82) is 5.26 Å². The second-order valence-corrected chi connectivity index (χ2v) is 1.78. The number of nitrogens with zero attached hydrogens (tertiary/aromatic N) is 1. The van der Waals surface area contributed by atoms with Crippen LogP contribution in [0.1, 0.15) is 6.92 Å². The Balaban J connectivity index is 0.000000354. The van der Waals surface area contributed by atoms with Crippen LogP contribution < -0.4 is 0 Å². The predicted octanol–water partition coefficient (Wildman–Crippen LogP) is 2.63. The van der Waals surface area contributed by atoms with Crippen LogP contribution in [-0.4, -0.2) is 0 Å². The van der Waals surface area contributed by atoms with Crippen LogP contribution in [0, 0.1) is 28.8 Å². The SMILES string of the molecule is CC#N.Fc1ccc(F)c(F)c1. The summed E-state index contributed by atoms with van der Waals surface area (Å²) in [7, 11) is 0. The summed E-state index contributed by atoms with van der Waals surface area (Å²) in [5.74, 6) is -2.96. The fraction of sp³-hybridized carbons (Fsp3) is 0.125. The molecule has 64 valence electrons. The molecule has 0 amide bonds. The van der Waals surface area contributed by atoms with Crippen LogP contribution in [0.5, 0.6) is 0 Å². The first-order valence-electron chi connectivity index (χ1n) is 3.03. The second kappa shape index (κ2) is 5.19. The van der Waals surface area contributed by atoms with Crippen LogP contribution in [0.4, 0.5) is 13.2 Å². The van der Waals surface area contributed by atoms with Crippen LogP contribution in [-0.2, 0) is 0 Å². The molecule has 12 heavy (non-hydrogen) atoms. The van der Waals surface area contributed by atoms with Gasteiger partial charge in [0.1, 0.15) is 5.82 Å². The van der Waals surface area contributed by atoms with Gasteiger partial charge in [-0.3, -0.25) is 0 Å². The highest BCUT2D eigenvalue weighted by Crippen LogP contribution is 2.05. The lowest BCUT2D eigenvalue weighted by Gasteiger charge is -1.88. The Labute approximate surface area is 68.1 Å². The van der Waals surface area contributed by atoms with Gasteiger partial charge in [0.05, 0.1) is 6.07 Å². The number of hydrogen-bond donors (Lipinski definition) is 0. The average Bonchev–Trinajstić information content (AvgIpc) is 1.99. The monoisotopic (exact) mass is 173 g/mol. The van der Waals surface area contributed by atoms with E-state index in [1.54, 1.807) is 6.07 Å². The number of hydrogen-bond acceptors (Lipinski definition) is 1. The van der Waals surface area contributed by atoms with Gasteiger partial charge in [-0.2, -0.15) is 5.26 Å². The Bertz CT molecular complexity index is 291. The molecule has 1 rings (SSSR count). The molecule has 0 atom stereocenters. The van der Waals surface area contributed by atoms with Gasteiger partial charge in [-0.05, 0) is 12.1 Å². The van der Waals surface area contributed by atoms with Gasteiger partial charge in [-0.15, -0.1) is 0 Å². The van der Waals surface area contributed by atoms with E-state index in [-0.39, 0.29) is 0 Å². The fourth-order valence-electron chi connectivity index (χ4n) is 0.470. The molecular weight excluding hydrogens is 167 g/mol. The molecule has 0 aliphatic rings. The summed E-state index contributed by atoms with van der Waals surface area (Å²) < 4.78 is 35.9. The van der Waals surface area contributed by atoms with Crippen molar-refractivity contribution in [3.8, 4) is 6.07 Å². The Morgan fingerprint density at radius 3 is 2.00 bits per heavy atom. The summed E-state index contributed by atoms with van der Waals surface area (Å²) in [6, 6.07) is 3.85.